The quantitative estimate of drug-likeness (QED) is 0.825. The summed E-state index contributed by atoms with van der Waals surface area (Å²) < 4.78 is 5.07. The molecule has 27 heavy (non-hydrogen) atoms. The standard InChI is InChI=1S/C20H23N3O3S/c24-18(22-16-8-11-7-15(16)14-4-1-3-13(11)14)9-12-10-27-20(21-12)23-19(25)17-5-2-6-26-17/h2,5-6,10-11,13-16H,1,3-4,7-9H2,(H,22,24)(H,21,23,25)/t11-,13+,14+,15+,16-/m1/s1. The largest absolute Gasteiger partial charge is 0.459 e. The van der Waals surface area contributed by atoms with Crippen LogP contribution in [0.1, 0.15) is 48.4 Å². The number of hydrogen-bond acceptors (Lipinski definition) is 5. The molecule has 0 aromatic carbocycles. The molecule has 0 unspecified atom stereocenters. The predicted octanol–water partition coefficient (Wildman–Crippen LogP) is 3.47. The SMILES string of the molecule is O=C(Cc1csc(NC(=O)c2ccco2)n1)N[C@@H]1C[C@H]2C[C@H]1[C@H]1CCC[C@@H]21. The maximum atomic E-state index is 12.5. The molecule has 3 aliphatic carbocycles. The zero-order chi connectivity index (χ0) is 18.4. The summed E-state index contributed by atoms with van der Waals surface area (Å²) in [5, 5.41) is 8.27. The number of furan rings is 1. The molecule has 0 aliphatic heterocycles. The molecule has 3 aliphatic rings. The Balaban J connectivity index is 1.15. The number of hydrogen-bond donors (Lipinski definition) is 2. The molecule has 2 heterocycles. The molecule has 0 spiro atoms. The minimum Gasteiger partial charge on any atom is -0.459 e. The van der Waals surface area contributed by atoms with Crippen molar-refractivity contribution in [1.82, 2.24) is 10.3 Å². The lowest BCUT2D eigenvalue weighted by Crippen LogP contribution is -2.43. The van der Waals surface area contributed by atoms with Crippen LogP contribution in [0.4, 0.5) is 5.13 Å². The number of nitrogens with one attached hydrogen (secondary N) is 2. The number of nitrogens with zero attached hydrogens (tertiary/aromatic N) is 1. The Bertz CT molecular complexity index is 847. The molecule has 2 aromatic heterocycles. The number of thiazole rings is 1. The van der Waals surface area contributed by atoms with Gasteiger partial charge in [-0.1, -0.05) is 6.42 Å². The summed E-state index contributed by atoms with van der Waals surface area (Å²) in [7, 11) is 0. The summed E-state index contributed by atoms with van der Waals surface area (Å²) in [4.78, 5) is 28.8. The number of carbonyl (C=O) groups is 2. The van der Waals surface area contributed by atoms with Gasteiger partial charge in [-0.05, 0) is 61.5 Å². The van der Waals surface area contributed by atoms with Gasteiger partial charge in [-0.3, -0.25) is 14.9 Å². The fourth-order valence-electron chi connectivity index (χ4n) is 5.67. The van der Waals surface area contributed by atoms with E-state index in [1.54, 1.807) is 12.1 Å². The Morgan fingerprint density at radius 2 is 2.11 bits per heavy atom. The van der Waals surface area contributed by atoms with Crippen LogP contribution in [0, 0.1) is 23.7 Å². The van der Waals surface area contributed by atoms with Crippen molar-refractivity contribution in [3.8, 4) is 0 Å². The molecule has 2 N–H and O–H groups in total. The number of carbonyl (C=O) groups excluding carboxylic acids is 2. The predicted molar refractivity (Wildman–Crippen MR) is 101 cm³/mol. The fraction of sp³-hybridized carbons (Fsp3) is 0.550. The first-order valence-electron chi connectivity index (χ1n) is 9.76. The van der Waals surface area contributed by atoms with Crippen molar-refractivity contribution in [2.75, 3.05) is 5.32 Å². The van der Waals surface area contributed by atoms with Gasteiger partial charge < -0.3 is 9.73 Å². The fourth-order valence-corrected chi connectivity index (χ4v) is 6.37. The highest BCUT2D eigenvalue weighted by Crippen LogP contribution is 2.58. The number of fused-ring (bicyclic) bond motifs is 5. The van der Waals surface area contributed by atoms with Crippen LogP contribution in [0.3, 0.4) is 0 Å². The minimum absolute atomic E-state index is 0.0382. The van der Waals surface area contributed by atoms with Crippen LogP contribution in [0.5, 0.6) is 0 Å². The molecule has 0 saturated heterocycles. The third kappa shape index (κ3) is 3.18. The first kappa shape index (κ1) is 17.0. The average molecular weight is 385 g/mol. The zero-order valence-corrected chi connectivity index (χ0v) is 15.8. The number of rotatable bonds is 5. The van der Waals surface area contributed by atoms with E-state index in [0.717, 1.165) is 24.2 Å². The van der Waals surface area contributed by atoms with Gasteiger partial charge in [0.15, 0.2) is 10.9 Å². The van der Waals surface area contributed by atoms with Gasteiger partial charge in [0.05, 0.1) is 18.4 Å². The third-order valence-electron chi connectivity index (χ3n) is 6.63. The van der Waals surface area contributed by atoms with E-state index in [4.69, 9.17) is 4.42 Å². The first-order chi connectivity index (χ1) is 13.2. The van der Waals surface area contributed by atoms with E-state index < -0.39 is 0 Å². The van der Waals surface area contributed by atoms with Gasteiger partial charge in [0, 0.05) is 11.4 Å². The normalized spacial score (nSPS) is 31.0. The summed E-state index contributed by atoms with van der Waals surface area (Å²) in [6, 6.07) is 3.61. The molecule has 5 atom stereocenters. The van der Waals surface area contributed by atoms with Crippen LogP contribution < -0.4 is 10.6 Å². The first-order valence-corrected chi connectivity index (χ1v) is 10.6. The van der Waals surface area contributed by atoms with E-state index >= 15 is 0 Å². The summed E-state index contributed by atoms with van der Waals surface area (Å²) in [5.41, 5.74) is 0.689. The van der Waals surface area contributed by atoms with E-state index in [9.17, 15) is 9.59 Å². The molecular weight excluding hydrogens is 362 g/mol. The highest BCUT2D eigenvalue weighted by Gasteiger charge is 2.53. The van der Waals surface area contributed by atoms with E-state index in [0.29, 0.717) is 22.8 Å². The second-order valence-electron chi connectivity index (χ2n) is 8.08. The zero-order valence-electron chi connectivity index (χ0n) is 15.0. The van der Waals surface area contributed by atoms with Gasteiger partial charge in [0.2, 0.25) is 5.91 Å². The lowest BCUT2D eigenvalue weighted by molar-refractivity contribution is -0.121. The van der Waals surface area contributed by atoms with Gasteiger partial charge in [0.25, 0.3) is 5.91 Å². The maximum Gasteiger partial charge on any atom is 0.293 e. The van der Waals surface area contributed by atoms with E-state index in [1.165, 1.54) is 43.3 Å². The van der Waals surface area contributed by atoms with Gasteiger partial charge in [-0.25, -0.2) is 4.98 Å². The van der Waals surface area contributed by atoms with Gasteiger partial charge >= 0.3 is 0 Å². The Kier molecular flexibility index (Phi) is 4.27. The number of anilines is 1. The van der Waals surface area contributed by atoms with Crippen LogP contribution in [0.25, 0.3) is 0 Å². The smallest absolute Gasteiger partial charge is 0.293 e. The van der Waals surface area contributed by atoms with Crippen LogP contribution >= 0.6 is 11.3 Å². The van der Waals surface area contributed by atoms with Crippen molar-refractivity contribution in [2.24, 2.45) is 23.7 Å². The monoisotopic (exact) mass is 385 g/mol. The summed E-state index contributed by atoms with van der Waals surface area (Å²) in [6.45, 7) is 0. The van der Waals surface area contributed by atoms with Crippen LogP contribution in [-0.4, -0.2) is 22.8 Å². The summed E-state index contributed by atoms with van der Waals surface area (Å²) in [5.74, 6) is 3.24. The molecule has 2 aromatic rings. The van der Waals surface area contributed by atoms with Crippen molar-refractivity contribution in [2.45, 2.75) is 44.6 Å². The second-order valence-corrected chi connectivity index (χ2v) is 8.94. The Morgan fingerprint density at radius 3 is 2.96 bits per heavy atom. The van der Waals surface area contributed by atoms with Gasteiger partial charge in [-0.2, -0.15) is 0 Å². The van der Waals surface area contributed by atoms with Crippen molar-refractivity contribution in [1.29, 1.82) is 0 Å². The van der Waals surface area contributed by atoms with Gasteiger partial charge in [0.1, 0.15) is 0 Å². The van der Waals surface area contributed by atoms with Crippen LogP contribution in [0.15, 0.2) is 28.2 Å². The molecular formula is C20H23N3O3S. The number of amides is 2. The minimum atomic E-state index is -0.335. The molecule has 0 radical (unpaired) electrons. The Labute approximate surface area is 161 Å². The lowest BCUT2D eigenvalue weighted by atomic mass is 9.79. The molecule has 3 saturated carbocycles. The van der Waals surface area contributed by atoms with Crippen LogP contribution in [-0.2, 0) is 11.2 Å². The highest BCUT2D eigenvalue weighted by atomic mass is 32.1. The van der Waals surface area contributed by atoms with Gasteiger partial charge in [-0.15, -0.1) is 11.3 Å². The third-order valence-corrected chi connectivity index (χ3v) is 7.44. The summed E-state index contributed by atoms with van der Waals surface area (Å²) >= 11 is 1.32. The van der Waals surface area contributed by atoms with Crippen molar-refractivity contribution < 1.29 is 14.0 Å². The maximum absolute atomic E-state index is 12.5. The van der Waals surface area contributed by atoms with E-state index in [1.807, 2.05) is 5.38 Å². The highest BCUT2D eigenvalue weighted by molar-refractivity contribution is 7.14. The Morgan fingerprint density at radius 1 is 1.22 bits per heavy atom. The second kappa shape index (κ2) is 6.78. The summed E-state index contributed by atoms with van der Waals surface area (Å²) in [6.07, 6.45) is 8.29. The molecule has 2 bridgehead atoms. The van der Waals surface area contributed by atoms with Crippen LogP contribution in [0.2, 0.25) is 0 Å². The molecule has 6 nitrogen and oxygen atoms in total. The van der Waals surface area contributed by atoms with Crippen molar-refractivity contribution >= 4 is 28.3 Å². The van der Waals surface area contributed by atoms with E-state index in [-0.39, 0.29) is 24.0 Å². The Hall–Kier alpha value is -2.15. The average Bonchev–Trinajstić information content (AvgIpc) is 3.43. The molecule has 5 rings (SSSR count). The van der Waals surface area contributed by atoms with E-state index in [2.05, 4.69) is 15.6 Å². The molecule has 3 fully saturated rings. The number of aromatic nitrogens is 1. The van der Waals surface area contributed by atoms with Crippen molar-refractivity contribution in [3.05, 3.63) is 35.2 Å². The van der Waals surface area contributed by atoms with Crippen molar-refractivity contribution in [3.63, 3.8) is 0 Å². The molecule has 2 amide bonds. The molecule has 142 valence electrons. The topological polar surface area (TPSA) is 84.2 Å². The molecule has 7 heteroatoms. The lowest BCUT2D eigenvalue weighted by Gasteiger charge is -2.32.